The van der Waals surface area contributed by atoms with Gasteiger partial charge in [0.1, 0.15) is 0 Å². The fourth-order valence-corrected chi connectivity index (χ4v) is 3.95. The van der Waals surface area contributed by atoms with Gasteiger partial charge in [-0.2, -0.15) is 0 Å². The molecule has 0 aliphatic carbocycles. The van der Waals surface area contributed by atoms with E-state index >= 15 is 0 Å². The quantitative estimate of drug-likeness (QED) is 0.836. The summed E-state index contributed by atoms with van der Waals surface area (Å²) in [6, 6.07) is 0.579. The fourth-order valence-electron chi connectivity index (χ4n) is 3.34. The van der Waals surface area contributed by atoms with E-state index in [9.17, 15) is 0 Å². The predicted molar refractivity (Wildman–Crippen MR) is 80.1 cm³/mol. The summed E-state index contributed by atoms with van der Waals surface area (Å²) in [5.74, 6) is 0. The molecule has 1 aromatic rings. The highest BCUT2D eigenvalue weighted by Gasteiger charge is 2.39. The average Bonchev–Trinajstić information content (AvgIpc) is 3.04. The lowest BCUT2D eigenvalue weighted by atomic mass is 9.99. The van der Waals surface area contributed by atoms with Crippen LogP contribution in [0, 0.1) is 6.92 Å². The summed E-state index contributed by atoms with van der Waals surface area (Å²) >= 11 is 1.74. The van der Waals surface area contributed by atoms with Crippen LogP contribution in [0.25, 0.3) is 0 Å². The number of thiazole rings is 1. The van der Waals surface area contributed by atoms with Crippen molar-refractivity contribution in [2.75, 3.05) is 19.8 Å². The van der Waals surface area contributed by atoms with Crippen LogP contribution in [0.3, 0.4) is 0 Å². The van der Waals surface area contributed by atoms with Gasteiger partial charge in [-0.15, -0.1) is 11.3 Å². The van der Waals surface area contributed by atoms with Gasteiger partial charge in [-0.05, 0) is 33.1 Å². The molecule has 5 heteroatoms. The first-order valence-electron chi connectivity index (χ1n) is 7.64. The third kappa shape index (κ3) is 3.22. The minimum atomic E-state index is 0.303. The van der Waals surface area contributed by atoms with Crippen molar-refractivity contribution >= 4 is 11.3 Å². The monoisotopic (exact) mass is 296 g/mol. The van der Waals surface area contributed by atoms with E-state index < -0.39 is 0 Å². The topological polar surface area (TPSA) is 34.6 Å². The van der Waals surface area contributed by atoms with Gasteiger partial charge >= 0.3 is 0 Å². The van der Waals surface area contributed by atoms with Crippen LogP contribution in [-0.2, 0) is 16.0 Å². The Morgan fingerprint density at radius 1 is 1.45 bits per heavy atom. The molecule has 2 fully saturated rings. The number of aryl methyl sites for hydroxylation is 1. The molecule has 0 N–H and O–H groups in total. The van der Waals surface area contributed by atoms with Crippen molar-refractivity contribution in [3.63, 3.8) is 0 Å². The molecule has 3 heterocycles. The van der Waals surface area contributed by atoms with Crippen LogP contribution in [-0.4, -0.2) is 47.9 Å². The average molecular weight is 296 g/mol. The number of hydrogen-bond acceptors (Lipinski definition) is 5. The van der Waals surface area contributed by atoms with Gasteiger partial charge in [0.25, 0.3) is 0 Å². The Kier molecular flexibility index (Phi) is 4.71. The Bertz CT molecular complexity index is 437. The van der Waals surface area contributed by atoms with E-state index in [1.807, 2.05) is 6.92 Å². The summed E-state index contributed by atoms with van der Waals surface area (Å²) in [5, 5.41) is 3.34. The molecule has 3 atom stereocenters. The van der Waals surface area contributed by atoms with E-state index in [1.54, 1.807) is 11.3 Å². The van der Waals surface area contributed by atoms with E-state index in [0.717, 1.165) is 44.2 Å². The Hall–Kier alpha value is -0.490. The number of ether oxygens (including phenoxy) is 2. The van der Waals surface area contributed by atoms with E-state index in [1.165, 1.54) is 12.1 Å². The zero-order chi connectivity index (χ0) is 13.9. The first kappa shape index (κ1) is 14.4. The molecule has 4 nitrogen and oxygen atoms in total. The molecule has 20 heavy (non-hydrogen) atoms. The van der Waals surface area contributed by atoms with Gasteiger partial charge < -0.3 is 9.47 Å². The molecule has 2 aliphatic heterocycles. The van der Waals surface area contributed by atoms with Gasteiger partial charge in [-0.1, -0.05) is 0 Å². The summed E-state index contributed by atoms with van der Waals surface area (Å²) in [6.07, 6.45) is 4.20. The Morgan fingerprint density at radius 2 is 2.35 bits per heavy atom. The van der Waals surface area contributed by atoms with Crippen LogP contribution in [0.15, 0.2) is 5.38 Å². The lowest BCUT2D eigenvalue weighted by molar-refractivity contribution is -0.0986. The lowest BCUT2D eigenvalue weighted by Gasteiger charge is -2.35. The molecule has 3 rings (SSSR count). The standard InChI is InChI=1S/C15H24N2O2S/c1-3-18-9-13-4-5-14-15(19-13)6-7-17(14)8-12-10-20-11(2)16-12/h10,13-15H,3-9H2,1-2H3/t13-,14+,15+/m1/s1. The molecule has 0 radical (unpaired) electrons. The van der Waals surface area contributed by atoms with Crippen LogP contribution in [0.1, 0.15) is 36.9 Å². The smallest absolute Gasteiger partial charge is 0.0897 e. The number of aromatic nitrogens is 1. The van der Waals surface area contributed by atoms with E-state index in [2.05, 4.69) is 22.2 Å². The Balaban J connectivity index is 1.54. The molecule has 0 bridgehead atoms. The molecule has 1 aromatic heterocycles. The van der Waals surface area contributed by atoms with Crippen molar-refractivity contribution in [2.45, 2.75) is 57.9 Å². The van der Waals surface area contributed by atoms with Crippen LogP contribution < -0.4 is 0 Å². The molecule has 2 aliphatic rings. The summed E-state index contributed by atoms with van der Waals surface area (Å²) in [6.45, 7) is 7.76. The first-order valence-corrected chi connectivity index (χ1v) is 8.52. The van der Waals surface area contributed by atoms with Crippen LogP contribution >= 0.6 is 11.3 Å². The van der Waals surface area contributed by atoms with Crippen molar-refractivity contribution in [2.24, 2.45) is 0 Å². The molecular weight excluding hydrogens is 272 g/mol. The van der Waals surface area contributed by atoms with Crippen molar-refractivity contribution in [3.8, 4) is 0 Å². The number of nitrogens with zero attached hydrogens (tertiary/aromatic N) is 2. The third-order valence-corrected chi connectivity index (χ3v) is 5.11. The molecule has 112 valence electrons. The molecule has 0 amide bonds. The number of likely N-dealkylation sites (tertiary alicyclic amines) is 1. The van der Waals surface area contributed by atoms with Gasteiger partial charge in [0.2, 0.25) is 0 Å². The Morgan fingerprint density at radius 3 is 3.10 bits per heavy atom. The van der Waals surface area contributed by atoms with Crippen molar-refractivity contribution in [1.29, 1.82) is 0 Å². The van der Waals surface area contributed by atoms with Gasteiger partial charge in [0.15, 0.2) is 0 Å². The molecule has 2 saturated heterocycles. The van der Waals surface area contributed by atoms with Crippen LogP contribution in [0.4, 0.5) is 0 Å². The van der Waals surface area contributed by atoms with Crippen molar-refractivity contribution < 1.29 is 9.47 Å². The van der Waals surface area contributed by atoms with Gasteiger partial charge in [-0.25, -0.2) is 4.98 Å². The highest BCUT2D eigenvalue weighted by atomic mass is 32.1. The predicted octanol–water partition coefficient (Wildman–Crippen LogP) is 2.61. The molecule has 0 unspecified atom stereocenters. The van der Waals surface area contributed by atoms with Gasteiger partial charge in [-0.3, -0.25) is 4.90 Å². The van der Waals surface area contributed by atoms with Gasteiger partial charge in [0.05, 0.1) is 29.5 Å². The normalized spacial score (nSPS) is 30.6. The highest BCUT2D eigenvalue weighted by molar-refractivity contribution is 7.09. The minimum Gasteiger partial charge on any atom is -0.379 e. The number of hydrogen-bond donors (Lipinski definition) is 0. The SMILES string of the molecule is CCOC[C@H]1CC[C@H]2[C@H](CCN2Cc2csc(C)n2)O1. The zero-order valence-electron chi connectivity index (χ0n) is 12.4. The first-order chi connectivity index (χ1) is 9.76. The van der Waals surface area contributed by atoms with Crippen molar-refractivity contribution in [1.82, 2.24) is 9.88 Å². The lowest BCUT2D eigenvalue weighted by Crippen LogP contribution is -2.43. The summed E-state index contributed by atoms with van der Waals surface area (Å²) < 4.78 is 11.7. The fraction of sp³-hybridized carbons (Fsp3) is 0.800. The summed E-state index contributed by atoms with van der Waals surface area (Å²) in [5.41, 5.74) is 1.21. The second-order valence-corrected chi connectivity index (χ2v) is 6.78. The second kappa shape index (κ2) is 6.52. The largest absolute Gasteiger partial charge is 0.379 e. The van der Waals surface area contributed by atoms with E-state index in [4.69, 9.17) is 9.47 Å². The molecule has 0 aromatic carbocycles. The van der Waals surface area contributed by atoms with E-state index in [0.29, 0.717) is 18.2 Å². The maximum Gasteiger partial charge on any atom is 0.0897 e. The summed E-state index contributed by atoms with van der Waals surface area (Å²) in [4.78, 5) is 7.13. The number of rotatable bonds is 5. The third-order valence-electron chi connectivity index (χ3n) is 4.29. The molecule has 0 saturated carbocycles. The second-order valence-electron chi connectivity index (χ2n) is 5.72. The number of fused-ring (bicyclic) bond motifs is 1. The van der Waals surface area contributed by atoms with Gasteiger partial charge in [0, 0.05) is 31.1 Å². The van der Waals surface area contributed by atoms with Crippen LogP contribution in [0.5, 0.6) is 0 Å². The van der Waals surface area contributed by atoms with E-state index in [-0.39, 0.29) is 0 Å². The van der Waals surface area contributed by atoms with Crippen molar-refractivity contribution in [3.05, 3.63) is 16.1 Å². The van der Waals surface area contributed by atoms with Crippen LogP contribution in [0.2, 0.25) is 0 Å². The maximum absolute atomic E-state index is 6.20. The molecule has 0 spiro atoms. The summed E-state index contributed by atoms with van der Waals surface area (Å²) in [7, 11) is 0. The highest BCUT2D eigenvalue weighted by Crippen LogP contribution is 2.32. The Labute approximate surface area is 125 Å². The minimum absolute atomic E-state index is 0.303. The maximum atomic E-state index is 6.20. The zero-order valence-corrected chi connectivity index (χ0v) is 13.2. The molecular formula is C15H24N2O2S.